The van der Waals surface area contributed by atoms with E-state index in [9.17, 15) is 9.59 Å². The molecule has 0 aliphatic heterocycles. The number of carbonyl (C=O) groups excluding carboxylic acids is 2. The summed E-state index contributed by atoms with van der Waals surface area (Å²) in [6.45, 7) is 6.51. The molecule has 1 aliphatic carbocycles. The van der Waals surface area contributed by atoms with Crippen LogP contribution < -0.4 is 0 Å². The summed E-state index contributed by atoms with van der Waals surface area (Å²) in [7, 11) is 3.78. The molecule has 0 saturated heterocycles. The van der Waals surface area contributed by atoms with Crippen molar-refractivity contribution < 1.29 is 19.1 Å². The van der Waals surface area contributed by atoms with Gasteiger partial charge in [-0.1, -0.05) is 6.08 Å². The van der Waals surface area contributed by atoms with E-state index in [0.29, 0.717) is 13.0 Å². The second-order valence-electron chi connectivity index (χ2n) is 4.68. The summed E-state index contributed by atoms with van der Waals surface area (Å²) < 4.78 is 10.1. The molecular weight excluding hydrogens is 234 g/mol. The van der Waals surface area contributed by atoms with E-state index in [-0.39, 0.29) is 19.1 Å². The maximum Gasteiger partial charge on any atom is 0.324 e. The van der Waals surface area contributed by atoms with E-state index in [4.69, 9.17) is 9.47 Å². The summed E-state index contributed by atoms with van der Waals surface area (Å²) in [6, 6.07) is 0. The van der Waals surface area contributed by atoms with Gasteiger partial charge in [-0.2, -0.15) is 0 Å². The van der Waals surface area contributed by atoms with Gasteiger partial charge in [0.15, 0.2) is 5.41 Å². The number of hydrogen-bond acceptors (Lipinski definition) is 5. The minimum atomic E-state index is -1.13. The molecule has 0 aromatic heterocycles. The molecule has 102 valence electrons. The van der Waals surface area contributed by atoms with Gasteiger partial charge in [0.25, 0.3) is 0 Å². The van der Waals surface area contributed by atoms with Crippen molar-refractivity contribution >= 4 is 11.9 Å². The number of esters is 2. The zero-order valence-corrected chi connectivity index (χ0v) is 11.3. The number of likely N-dealkylation sites (N-methyl/N-ethyl adjacent to an activating group) is 1. The molecule has 2 atom stereocenters. The number of nitrogens with zero attached hydrogens (tertiary/aromatic N) is 1. The monoisotopic (exact) mass is 255 g/mol. The van der Waals surface area contributed by atoms with Crippen LogP contribution in [0.15, 0.2) is 12.7 Å². The molecule has 5 nitrogen and oxygen atoms in total. The van der Waals surface area contributed by atoms with Gasteiger partial charge >= 0.3 is 11.9 Å². The Kier molecular flexibility index (Phi) is 4.90. The van der Waals surface area contributed by atoms with Crippen molar-refractivity contribution in [2.24, 2.45) is 11.3 Å². The minimum Gasteiger partial charge on any atom is -0.465 e. The Balaban J connectivity index is 2.60. The first-order valence-electron chi connectivity index (χ1n) is 6.10. The zero-order valence-electron chi connectivity index (χ0n) is 11.3. The number of hydrogen-bond donors (Lipinski definition) is 0. The summed E-state index contributed by atoms with van der Waals surface area (Å²) in [4.78, 5) is 25.8. The average molecular weight is 255 g/mol. The fraction of sp³-hybridized carbons (Fsp3) is 0.692. The van der Waals surface area contributed by atoms with Gasteiger partial charge in [-0.3, -0.25) is 9.59 Å². The Labute approximate surface area is 108 Å². The van der Waals surface area contributed by atoms with Crippen molar-refractivity contribution in [2.45, 2.75) is 13.3 Å². The van der Waals surface area contributed by atoms with E-state index in [1.54, 1.807) is 13.0 Å². The Morgan fingerprint density at radius 2 is 2.00 bits per heavy atom. The summed E-state index contributed by atoms with van der Waals surface area (Å²) >= 11 is 0. The molecule has 0 bridgehead atoms. The quantitative estimate of drug-likeness (QED) is 0.383. The highest BCUT2D eigenvalue weighted by Crippen LogP contribution is 2.55. The number of rotatable bonds is 7. The fourth-order valence-electron chi connectivity index (χ4n) is 1.83. The van der Waals surface area contributed by atoms with Gasteiger partial charge in [0, 0.05) is 12.5 Å². The van der Waals surface area contributed by atoms with Crippen LogP contribution in [0.2, 0.25) is 0 Å². The number of carbonyl (C=O) groups is 2. The molecule has 0 spiro atoms. The van der Waals surface area contributed by atoms with Gasteiger partial charge in [0.2, 0.25) is 0 Å². The molecular formula is C13H21NO4. The summed E-state index contributed by atoms with van der Waals surface area (Å²) in [6.07, 6.45) is 2.06. The minimum absolute atomic E-state index is 0.164. The van der Waals surface area contributed by atoms with Crippen LogP contribution in [0.1, 0.15) is 13.3 Å². The average Bonchev–Trinajstić information content (AvgIpc) is 3.04. The van der Waals surface area contributed by atoms with E-state index < -0.39 is 17.4 Å². The van der Waals surface area contributed by atoms with Crippen LogP contribution in [0.3, 0.4) is 0 Å². The number of ether oxygens (including phenoxy) is 2. The lowest BCUT2D eigenvalue weighted by Crippen LogP contribution is -2.33. The zero-order chi connectivity index (χ0) is 13.8. The van der Waals surface area contributed by atoms with Gasteiger partial charge in [-0.25, -0.2) is 0 Å². The third-order valence-electron chi connectivity index (χ3n) is 3.07. The molecule has 1 fully saturated rings. The second-order valence-corrected chi connectivity index (χ2v) is 4.68. The lowest BCUT2D eigenvalue weighted by atomic mass is 10.0. The molecule has 1 rings (SSSR count). The maximum absolute atomic E-state index is 12.0. The van der Waals surface area contributed by atoms with Crippen molar-refractivity contribution in [3.8, 4) is 0 Å². The van der Waals surface area contributed by atoms with E-state index in [0.717, 1.165) is 0 Å². The normalized spacial score (nSPS) is 25.7. The van der Waals surface area contributed by atoms with Gasteiger partial charge in [-0.05, 0) is 27.4 Å². The second kappa shape index (κ2) is 6.00. The van der Waals surface area contributed by atoms with Gasteiger partial charge in [0.05, 0.1) is 6.61 Å². The van der Waals surface area contributed by atoms with Gasteiger partial charge < -0.3 is 14.4 Å². The van der Waals surface area contributed by atoms with Crippen LogP contribution in [0.4, 0.5) is 0 Å². The lowest BCUT2D eigenvalue weighted by molar-refractivity contribution is -0.165. The fourth-order valence-corrected chi connectivity index (χ4v) is 1.83. The molecule has 0 aromatic rings. The highest BCUT2D eigenvalue weighted by Gasteiger charge is 2.67. The standard InChI is InChI=1S/C13H21NO4/c1-5-10-9-13(10,11(15)17-6-2)12(16)18-8-7-14(3)4/h5,10H,1,6-9H2,2-4H3. The predicted octanol–water partition coefficient (Wildman–Crippen LogP) is 0.847. The van der Waals surface area contributed by atoms with E-state index in [2.05, 4.69) is 6.58 Å². The SMILES string of the molecule is C=CC1CC1(C(=O)OCC)C(=O)OCCN(C)C. The highest BCUT2D eigenvalue weighted by atomic mass is 16.6. The Morgan fingerprint density at radius 1 is 1.39 bits per heavy atom. The van der Waals surface area contributed by atoms with Gasteiger partial charge in [0.1, 0.15) is 6.61 Å². The summed E-state index contributed by atoms with van der Waals surface area (Å²) in [5, 5.41) is 0. The van der Waals surface area contributed by atoms with E-state index >= 15 is 0 Å². The Hall–Kier alpha value is -1.36. The van der Waals surface area contributed by atoms with E-state index in [1.165, 1.54) is 0 Å². The van der Waals surface area contributed by atoms with Gasteiger partial charge in [-0.15, -0.1) is 6.58 Å². The van der Waals surface area contributed by atoms with Crippen LogP contribution in [-0.2, 0) is 19.1 Å². The molecule has 0 amide bonds. The first kappa shape index (κ1) is 14.7. The van der Waals surface area contributed by atoms with Crippen LogP contribution in [0.5, 0.6) is 0 Å². The van der Waals surface area contributed by atoms with Crippen LogP contribution in [-0.4, -0.2) is 50.7 Å². The summed E-state index contributed by atoms with van der Waals surface area (Å²) in [5.74, 6) is -1.15. The molecule has 2 unspecified atom stereocenters. The predicted molar refractivity (Wildman–Crippen MR) is 66.9 cm³/mol. The maximum atomic E-state index is 12.0. The molecule has 0 heterocycles. The topological polar surface area (TPSA) is 55.8 Å². The number of allylic oxidation sites excluding steroid dienone is 1. The van der Waals surface area contributed by atoms with Crippen molar-refractivity contribution in [3.63, 3.8) is 0 Å². The third-order valence-corrected chi connectivity index (χ3v) is 3.07. The van der Waals surface area contributed by atoms with Crippen molar-refractivity contribution in [1.82, 2.24) is 4.90 Å². The van der Waals surface area contributed by atoms with Crippen LogP contribution >= 0.6 is 0 Å². The molecule has 5 heteroatoms. The van der Waals surface area contributed by atoms with E-state index in [1.807, 2.05) is 19.0 Å². The largest absolute Gasteiger partial charge is 0.465 e. The van der Waals surface area contributed by atoms with Crippen molar-refractivity contribution in [2.75, 3.05) is 33.9 Å². The first-order valence-corrected chi connectivity index (χ1v) is 6.10. The van der Waals surface area contributed by atoms with Crippen molar-refractivity contribution in [1.29, 1.82) is 0 Å². The first-order chi connectivity index (χ1) is 8.48. The molecule has 1 aliphatic rings. The molecule has 0 radical (unpaired) electrons. The highest BCUT2D eigenvalue weighted by molar-refractivity contribution is 6.04. The Morgan fingerprint density at radius 3 is 2.44 bits per heavy atom. The third kappa shape index (κ3) is 2.90. The molecule has 1 saturated carbocycles. The van der Waals surface area contributed by atoms with Crippen molar-refractivity contribution in [3.05, 3.63) is 12.7 Å². The lowest BCUT2D eigenvalue weighted by Gasteiger charge is -2.15. The smallest absolute Gasteiger partial charge is 0.324 e. The molecule has 18 heavy (non-hydrogen) atoms. The molecule has 0 aromatic carbocycles. The van der Waals surface area contributed by atoms with Crippen LogP contribution in [0.25, 0.3) is 0 Å². The summed E-state index contributed by atoms with van der Waals surface area (Å²) in [5.41, 5.74) is -1.13. The Bertz CT molecular complexity index is 340. The molecule has 0 N–H and O–H groups in total. The van der Waals surface area contributed by atoms with Crippen LogP contribution in [0, 0.1) is 11.3 Å².